The number of ether oxygens (including phenoxy) is 1. The zero-order valence-electron chi connectivity index (χ0n) is 12.0. The molecule has 0 unspecified atom stereocenters. The maximum absolute atomic E-state index is 5.86. The van der Waals surface area contributed by atoms with Crippen molar-refractivity contribution in [2.75, 3.05) is 42.3 Å². The summed E-state index contributed by atoms with van der Waals surface area (Å²) in [7, 11) is 0. The summed E-state index contributed by atoms with van der Waals surface area (Å²) in [6, 6.07) is 5.66. The Morgan fingerprint density at radius 2 is 2.09 bits per heavy atom. The molecule has 2 aromatic rings. The third kappa shape index (κ3) is 3.75. The van der Waals surface area contributed by atoms with Crippen LogP contribution in [0.15, 0.2) is 24.4 Å². The molecule has 22 heavy (non-hydrogen) atoms. The molecule has 0 atom stereocenters. The number of nitrogens with two attached hydrogens (primary N) is 1. The minimum absolute atomic E-state index is 0.152. The number of nitrogens with zero attached hydrogens (tertiary/aromatic N) is 4. The Morgan fingerprint density at radius 3 is 2.86 bits per heavy atom. The van der Waals surface area contributed by atoms with Crippen LogP contribution in [0.5, 0.6) is 0 Å². The van der Waals surface area contributed by atoms with Gasteiger partial charge in [0.2, 0.25) is 5.95 Å². The predicted molar refractivity (Wildman–Crippen MR) is 86.1 cm³/mol. The molecule has 8 heteroatoms. The Kier molecular flexibility index (Phi) is 4.55. The van der Waals surface area contributed by atoms with Gasteiger partial charge in [0.25, 0.3) is 0 Å². The lowest BCUT2D eigenvalue weighted by Gasteiger charge is -2.28. The summed E-state index contributed by atoms with van der Waals surface area (Å²) in [5.41, 5.74) is 6.68. The van der Waals surface area contributed by atoms with Crippen molar-refractivity contribution >= 4 is 29.2 Å². The highest BCUT2D eigenvalue weighted by Gasteiger charge is 2.12. The minimum atomic E-state index is 0.152. The minimum Gasteiger partial charge on any atom is -0.378 e. The van der Waals surface area contributed by atoms with Gasteiger partial charge in [-0.25, -0.2) is 9.97 Å². The van der Waals surface area contributed by atoms with E-state index in [1.165, 1.54) is 0 Å². The highest BCUT2D eigenvalue weighted by molar-refractivity contribution is 6.29. The Balaban J connectivity index is 1.67. The molecule has 7 nitrogen and oxygen atoms in total. The van der Waals surface area contributed by atoms with Gasteiger partial charge in [0, 0.05) is 31.9 Å². The topological polar surface area (TPSA) is 89.2 Å². The van der Waals surface area contributed by atoms with E-state index in [1.54, 1.807) is 6.07 Å². The molecule has 0 aromatic carbocycles. The normalized spacial score (nSPS) is 14.9. The van der Waals surface area contributed by atoms with E-state index in [4.69, 9.17) is 22.1 Å². The van der Waals surface area contributed by atoms with Crippen molar-refractivity contribution in [1.82, 2.24) is 15.0 Å². The first kappa shape index (κ1) is 14.8. The Bertz CT molecular complexity index is 627. The van der Waals surface area contributed by atoms with Gasteiger partial charge in [-0.2, -0.15) is 4.98 Å². The molecule has 0 amide bonds. The molecule has 0 aliphatic carbocycles. The average Bonchev–Trinajstić information content (AvgIpc) is 2.53. The smallest absolute Gasteiger partial charge is 0.223 e. The number of anilines is 3. The highest BCUT2D eigenvalue weighted by atomic mass is 35.5. The third-order valence-electron chi connectivity index (χ3n) is 3.33. The SMILES string of the molecule is Nc1nc(Cl)cc(NCc2ccnc(N3CCOCC3)c2)n1. The molecule has 0 saturated carbocycles. The number of morpholine rings is 1. The van der Waals surface area contributed by atoms with Gasteiger partial charge in [0.1, 0.15) is 16.8 Å². The van der Waals surface area contributed by atoms with Gasteiger partial charge in [-0.1, -0.05) is 11.6 Å². The second-order valence-electron chi connectivity index (χ2n) is 4.91. The Morgan fingerprint density at radius 1 is 1.27 bits per heavy atom. The molecule has 2 aromatic heterocycles. The molecule has 1 aliphatic heterocycles. The van der Waals surface area contributed by atoms with E-state index in [0.29, 0.717) is 17.5 Å². The van der Waals surface area contributed by atoms with E-state index in [1.807, 2.05) is 12.3 Å². The lowest BCUT2D eigenvalue weighted by Crippen LogP contribution is -2.36. The van der Waals surface area contributed by atoms with Crippen LogP contribution in [0.3, 0.4) is 0 Å². The van der Waals surface area contributed by atoms with Gasteiger partial charge in [0.15, 0.2) is 0 Å². The van der Waals surface area contributed by atoms with Crippen LogP contribution in [0, 0.1) is 0 Å². The quantitative estimate of drug-likeness (QED) is 0.826. The van der Waals surface area contributed by atoms with Crippen molar-refractivity contribution in [3.8, 4) is 0 Å². The zero-order valence-corrected chi connectivity index (χ0v) is 12.8. The number of aromatic nitrogens is 3. The highest BCUT2D eigenvalue weighted by Crippen LogP contribution is 2.17. The van der Waals surface area contributed by atoms with Crippen LogP contribution in [0.25, 0.3) is 0 Å². The molecular weight excluding hydrogens is 304 g/mol. The maximum atomic E-state index is 5.86. The number of rotatable bonds is 4. The largest absolute Gasteiger partial charge is 0.378 e. The third-order valence-corrected chi connectivity index (χ3v) is 3.52. The van der Waals surface area contributed by atoms with Gasteiger partial charge in [-0.05, 0) is 17.7 Å². The van der Waals surface area contributed by atoms with E-state index in [2.05, 4.69) is 31.2 Å². The second-order valence-corrected chi connectivity index (χ2v) is 5.30. The number of nitrogens with one attached hydrogen (secondary N) is 1. The summed E-state index contributed by atoms with van der Waals surface area (Å²) >= 11 is 5.86. The van der Waals surface area contributed by atoms with Crippen molar-refractivity contribution in [3.63, 3.8) is 0 Å². The number of pyridine rings is 1. The first-order valence-electron chi connectivity index (χ1n) is 7.02. The van der Waals surface area contributed by atoms with Crippen LogP contribution in [0.1, 0.15) is 5.56 Å². The van der Waals surface area contributed by atoms with E-state index in [-0.39, 0.29) is 5.95 Å². The van der Waals surface area contributed by atoms with E-state index < -0.39 is 0 Å². The van der Waals surface area contributed by atoms with Gasteiger partial charge < -0.3 is 20.7 Å². The fourth-order valence-corrected chi connectivity index (χ4v) is 2.44. The summed E-state index contributed by atoms with van der Waals surface area (Å²) in [6.07, 6.45) is 1.81. The van der Waals surface area contributed by atoms with Crippen molar-refractivity contribution in [2.45, 2.75) is 6.54 Å². The van der Waals surface area contributed by atoms with Crippen molar-refractivity contribution in [3.05, 3.63) is 35.1 Å². The molecule has 0 bridgehead atoms. The second kappa shape index (κ2) is 6.76. The molecule has 3 heterocycles. The fraction of sp³-hybridized carbons (Fsp3) is 0.357. The van der Waals surface area contributed by atoms with Gasteiger partial charge in [0.05, 0.1) is 13.2 Å². The first-order valence-corrected chi connectivity index (χ1v) is 7.40. The Labute approximate surface area is 133 Å². The average molecular weight is 321 g/mol. The van der Waals surface area contributed by atoms with E-state index in [9.17, 15) is 0 Å². The number of halogens is 1. The van der Waals surface area contributed by atoms with Gasteiger partial charge in [-0.3, -0.25) is 0 Å². The Hall–Kier alpha value is -2.12. The summed E-state index contributed by atoms with van der Waals surface area (Å²) < 4.78 is 5.36. The summed E-state index contributed by atoms with van der Waals surface area (Å²) in [6.45, 7) is 3.81. The van der Waals surface area contributed by atoms with Crippen molar-refractivity contribution in [1.29, 1.82) is 0 Å². The van der Waals surface area contributed by atoms with E-state index >= 15 is 0 Å². The van der Waals surface area contributed by atoms with Crippen LogP contribution >= 0.6 is 11.6 Å². The first-order chi connectivity index (χ1) is 10.7. The lowest BCUT2D eigenvalue weighted by atomic mass is 10.2. The molecule has 3 rings (SSSR count). The monoisotopic (exact) mass is 320 g/mol. The molecule has 0 spiro atoms. The summed E-state index contributed by atoms with van der Waals surface area (Å²) in [5, 5.41) is 3.50. The van der Waals surface area contributed by atoms with E-state index in [0.717, 1.165) is 37.7 Å². The predicted octanol–water partition coefficient (Wildman–Crippen LogP) is 1.56. The maximum Gasteiger partial charge on any atom is 0.223 e. The summed E-state index contributed by atoms with van der Waals surface area (Å²) in [5.74, 6) is 1.71. The molecule has 1 saturated heterocycles. The fourth-order valence-electron chi connectivity index (χ4n) is 2.25. The van der Waals surface area contributed by atoms with Gasteiger partial charge >= 0.3 is 0 Å². The number of hydrogen-bond donors (Lipinski definition) is 2. The molecule has 1 fully saturated rings. The molecular formula is C14H17ClN6O. The number of nitrogen functional groups attached to an aromatic ring is 1. The molecule has 0 radical (unpaired) electrons. The molecule has 116 valence electrons. The van der Waals surface area contributed by atoms with Gasteiger partial charge in [-0.15, -0.1) is 0 Å². The standard InChI is InChI=1S/C14H17ClN6O/c15-11-8-12(20-14(16)19-11)18-9-10-1-2-17-13(7-10)21-3-5-22-6-4-21/h1-2,7-8H,3-6,9H2,(H3,16,18,19,20). The van der Waals surface area contributed by atoms with Crippen molar-refractivity contribution in [2.24, 2.45) is 0 Å². The van der Waals surface area contributed by atoms with Crippen LogP contribution in [0.4, 0.5) is 17.6 Å². The van der Waals surface area contributed by atoms with Crippen LogP contribution in [-0.2, 0) is 11.3 Å². The lowest BCUT2D eigenvalue weighted by molar-refractivity contribution is 0.122. The van der Waals surface area contributed by atoms with Crippen LogP contribution in [-0.4, -0.2) is 41.3 Å². The zero-order chi connectivity index (χ0) is 15.4. The molecule has 3 N–H and O–H groups in total. The van der Waals surface area contributed by atoms with Crippen LogP contribution in [0.2, 0.25) is 5.15 Å². The molecule has 1 aliphatic rings. The summed E-state index contributed by atoms with van der Waals surface area (Å²) in [4.78, 5) is 14.6. The van der Waals surface area contributed by atoms with Crippen molar-refractivity contribution < 1.29 is 4.74 Å². The van der Waals surface area contributed by atoms with Crippen LogP contribution < -0.4 is 16.0 Å². The number of hydrogen-bond acceptors (Lipinski definition) is 7.